The molecule has 1 aromatic heterocycles. The Kier molecular flexibility index (Phi) is 6.52. The van der Waals surface area contributed by atoms with Crippen molar-refractivity contribution in [1.29, 1.82) is 0 Å². The van der Waals surface area contributed by atoms with Gasteiger partial charge in [0.25, 0.3) is 5.91 Å². The largest absolute Gasteiger partial charge is 0.489 e. The van der Waals surface area contributed by atoms with Gasteiger partial charge in [0.1, 0.15) is 23.7 Å². The van der Waals surface area contributed by atoms with Crippen LogP contribution in [0.3, 0.4) is 0 Å². The molecule has 4 heterocycles. The van der Waals surface area contributed by atoms with Gasteiger partial charge < -0.3 is 9.64 Å². The number of fused-ring (bicyclic) bond motifs is 1. The molecule has 39 heavy (non-hydrogen) atoms. The first-order chi connectivity index (χ1) is 18.7. The van der Waals surface area contributed by atoms with Gasteiger partial charge in [-0.3, -0.25) is 24.6 Å². The number of carbonyl (C=O) groups excluding carboxylic acids is 3. The Balaban J connectivity index is 1.09. The fourth-order valence-corrected chi connectivity index (χ4v) is 6.07. The molecular formula is C27H28F3N5O4. The fraction of sp³-hybridized carbons (Fsp3) is 0.519. The highest BCUT2D eigenvalue weighted by atomic mass is 19.4. The van der Waals surface area contributed by atoms with E-state index in [1.54, 1.807) is 12.1 Å². The lowest BCUT2D eigenvalue weighted by Gasteiger charge is -2.47. The van der Waals surface area contributed by atoms with Gasteiger partial charge in [-0.25, -0.2) is 9.97 Å². The first-order valence-corrected chi connectivity index (χ1v) is 13.2. The number of aromatic nitrogens is 2. The lowest BCUT2D eigenvalue weighted by molar-refractivity contribution is -0.138. The number of alkyl halides is 3. The maximum Gasteiger partial charge on any atom is 0.419 e. The molecule has 0 radical (unpaired) electrons. The van der Waals surface area contributed by atoms with Gasteiger partial charge in [0.15, 0.2) is 0 Å². The first kappa shape index (κ1) is 25.7. The van der Waals surface area contributed by atoms with Crippen LogP contribution in [-0.4, -0.2) is 68.8 Å². The van der Waals surface area contributed by atoms with Crippen LogP contribution in [0.15, 0.2) is 30.6 Å². The maximum atomic E-state index is 13.0. The first-order valence-electron chi connectivity index (χ1n) is 13.2. The second kappa shape index (κ2) is 9.89. The number of likely N-dealkylation sites (tertiary alicyclic amines) is 1. The maximum absolute atomic E-state index is 13.0. The van der Waals surface area contributed by atoms with Gasteiger partial charge in [-0.15, -0.1) is 0 Å². The minimum atomic E-state index is -4.45. The van der Waals surface area contributed by atoms with E-state index in [0.29, 0.717) is 36.6 Å². The molecule has 1 aliphatic carbocycles. The number of nitrogens with one attached hydrogen (secondary N) is 1. The van der Waals surface area contributed by atoms with Crippen molar-refractivity contribution in [3.05, 3.63) is 53.1 Å². The summed E-state index contributed by atoms with van der Waals surface area (Å²) in [5.74, 6) is 0.0861. The summed E-state index contributed by atoms with van der Waals surface area (Å²) in [4.78, 5) is 48.5. The third-order valence-corrected chi connectivity index (χ3v) is 8.19. The molecule has 3 aliphatic heterocycles. The van der Waals surface area contributed by atoms with Crippen LogP contribution in [0.1, 0.15) is 71.8 Å². The van der Waals surface area contributed by atoms with Crippen molar-refractivity contribution in [2.24, 2.45) is 0 Å². The zero-order valence-corrected chi connectivity index (χ0v) is 21.1. The molecule has 0 bridgehead atoms. The van der Waals surface area contributed by atoms with Crippen LogP contribution in [0.25, 0.3) is 0 Å². The summed E-state index contributed by atoms with van der Waals surface area (Å²) >= 11 is 0. The standard InChI is InChI=1S/C27H28F3N5O4/c28-27(29,30)17-10-31-24(32-11-17)16-12-34(13-16)20-3-1-2-4-22(20)39-18-5-6-19-15(9-18)14-35(26(19)38)21-7-8-23(36)33-25(21)37/h5-6,9-11,16,20-22H,1-4,7-8,12-14H2,(H,33,36,37)/t20-,21+,22+/m0/s1. The van der Waals surface area contributed by atoms with Crippen molar-refractivity contribution in [3.8, 4) is 5.75 Å². The number of hydrogen-bond donors (Lipinski definition) is 1. The molecule has 0 unspecified atom stereocenters. The number of amides is 3. The van der Waals surface area contributed by atoms with Crippen LogP contribution in [0.2, 0.25) is 0 Å². The molecule has 4 aliphatic rings. The average Bonchev–Trinajstić information content (AvgIpc) is 3.19. The van der Waals surface area contributed by atoms with E-state index in [1.807, 2.05) is 6.07 Å². The van der Waals surface area contributed by atoms with Crippen molar-refractivity contribution in [2.75, 3.05) is 13.1 Å². The van der Waals surface area contributed by atoms with Crippen LogP contribution in [0.4, 0.5) is 13.2 Å². The summed E-state index contributed by atoms with van der Waals surface area (Å²) < 4.78 is 44.9. The van der Waals surface area contributed by atoms with E-state index in [0.717, 1.165) is 43.6 Å². The Morgan fingerprint density at radius 2 is 1.74 bits per heavy atom. The number of benzene rings is 1. The van der Waals surface area contributed by atoms with Gasteiger partial charge >= 0.3 is 6.18 Å². The third-order valence-electron chi connectivity index (χ3n) is 8.19. The number of halogens is 3. The summed E-state index contributed by atoms with van der Waals surface area (Å²) in [6, 6.07) is 4.88. The Bertz CT molecular complexity index is 1300. The predicted molar refractivity (Wildman–Crippen MR) is 131 cm³/mol. The molecule has 206 valence electrons. The summed E-state index contributed by atoms with van der Waals surface area (Å²) in [6.07, 6.45) is 1.63. The Morgan fingerprint density at radius 3 is 2.46 bits per heavy atom. The zero-order valence-electron chi connectivity index (χ0n) is 21.1. The molecule has 2 aromatic rings. The van der Waals surface area contributed by atoms with Crippen molar-refractivity contribution >= 4 is 17.7 Å². The molecular weight excluding hydrogens is 515 g/mol. The molecule has 1 N–H and O–H groups in total. The minimum absolute atomic E-state index is 0.0147. The second-order valence-electron chi connectivity index (χ2n) is 10.7. The lowest BCUT2D eigenvalue weighted by Crippen LogP contribution is -2.57. The molecule has 3 atom stereocenters. The number of carbonyl (C=O) groups is 3. The molecule has 3 amide bonds. The molecule has 3 fully saturated rings. The second-order valence-corrected chi connectivity index (χ2v) is 10.7. The van der Waals surface area contributed by atoms with Gasteiger partial charge in [-0.05, 0) is 49.4 Å². The smallest absolute Gasteiger partial charge is 0.419 e. The summed E-state index contributed by atoms with van der Waals surface area (Å²) in [6.45, 7) is 1.61. The fourth-order valence-electron chi connectivity index (χ4n) is 6.07. The Morgan fingerprint density at radius 1 is 1.00 bits per heavy atom. The molecule has 12 heteroatoms. The number of rotatable bonds is 5. The molecule has 0 spiro atoms. The molecule has 6 rings (SSSR count). The van der Waals surface area contributed by atoms with E-state index in [9.17, 15) is 27.6 Å². The minimum Gasteiger partial charge on any atom is -0.489 e. The number of nitrogens with zero attached hydrogens (tertiary/aromatic N) is 4. The van der Waals surface area contributed by atoms with Crippen molar-refractivity contribution in [1.82, 2.24) is 25.1 Å². The number of hydrogen-bond acceptors (Lipinski definition) is 7. The van der Waals surface area contributed by atoms with E-state index < -0.39 is 23.7 Å². The third kappa shape index (κ3) is 4.97. The summed E-state index contributed by atoms with van der Waals surface area (Å²) in [5.41, 5.74) is 0.479. The highest BCUT2D eigenvalue weighted by Gasteiger charge is 2.42. The van der Waals surface area contributed by atoms with Gasteiger partial charge in [0.2, 0.25) is 11.8 Å². The van der Waals surface area contributed by atoms with E-state index in [-0.39, 0.29) is 42.8 Å². The highest BCUT2D eigenvalue weighted by molar-refractivity contribution is 6.05. The van der Waals surface area contributed by atoms with Crippen molar-refractivity contribution in [3.63, 3.8) is 0 Å². The topological polar surface area (TPSA) is 105 Å². The van der Waals surface area contributed by atoms with Crippen LogP contribution in [0.5, 0.6) is 5.75 Å². The van der Waals surface area contributed by atoms with Crippen LogP contribution in [0, 0.1) is 0 Å². The predicted octanol–water partition coefficient (Wildman–Crippen LogP) is 3.05. The summed E-state index contributed by atoms with van der Waals surface area (Å²) in [7, 11) is 0. The quantitative estimate of drug-likeness (QED) is 0.578. The van der Waals surface area contributed by atoms with E-state index in [4.69, 9.17) is 4.74 Å². The van der Waals surface area contributed by atoms with E-state index in [1.165, 1.54) is 4.90 Å². The molecule has 2 saturated heterocycles. The average molecular weight is 544 g/mol. The number of ether oxygens (including phenoxy) is 1. The molecule has 9 nitrogen and oxygen atoms in total. The van der Waals surface area contributed by atoms with Crippen LogP contribution in [-0.2, 0) is 22.3 Å². The van der Waals surface area contributed by atoms with E-state index >= 15 is 0 Å². The normalized spacial score (nSPS) is 26.3. The summed E-state index contributed by atoms with van der Waals surface area (Å²) in [5, 5.41) is 2.31. The number of imide groups is 1. The van der Waals surface area contributed by atoms with Crippen molar-refractivity contribution < 1.29 is 32.3 Å². The lowest BCUT2D eigenvalue weighted by atomic mass is 9.86. The number of piperidine rings is 1. The molecule has 1 saturated carbocycles. The van der Waals surface area contributed by atoms with Crippen molar-refractivity contribution in [2.45, 2.75) is 75.4 Å². The van der Waals surface area contributed by atoms with Gasteiger partial charge in [-0.2, -0.15) is 13.2 Å². The van der Waals surface area contributed by atoms with Gasteiger partial charge in [-0.1, -0.05) is 6.42 Å². The van der Waals surface area contributed by atoms with Crippen LogP contribution < -0.4 is 10.1 Å². The highest BCUT2D eigenvalue weighted by Crippen LogP contribution is 2.36. The van der Waals surface area contributed by atoms with E-state index in [2.05, 4.69) is 20.2 Å². The Hall–Kier alpha value is -3.54. The Labute approximate surface area is 222 Å². The zero-order chi connectivity index (χ0) is 27.3. The SMILES string of the molecule is O=C1CC[C@@H](N2Cc3cc(O[C@@H]4CCCC[C@@H]4N4CC(c5ncc(C(F)(F)F)cn5)C4)ccc3C2=O)C(=O)N1. The monoisotopic (exact) mass is 543 g/mol. The van der Waals surface area contributed by atoms with Gasteiger partial charge in [0, 0.05) is 56.0 Å². The van der Waals surface area contributed by atoms with Crippen LogP contribution >= 0.6 is 0 Å². The van der Waals surface area contributed by atoms with Gasteiger partial charge in [0.05, 0.1) is 5.56 Å². The molecule has 1 aromatic carbocycles.